The minimum Gasteiger partial charge on any atom is -0.354 e. The molecule has 2 saturated heterocycles. The smallest absolute Gasteiger partial charge is 0.318 e. The Morgan fingerprint density at radius 1 is 1.22 bits per heavy atom. The van der Waals surface area contributed by atoms with Crippen molar-refractivity contribution in [3.63, 3.8) is 0 Å². The van der Waals surface area contributed by atoms with E-state index in [0.717, 1.165) is 43.0 Å². The van der Waals surface area contributed by atoms with Gasteiger partial charge >= 0.3 is 6.03 Å². The summed E-state index contributed by atoms with van der Waals surface area (Å²) in [6, 6.07) is 2.32. The molecular weight excluding hydrogens is 408 g/mol. The van der Waals surface area contributed by atoms with Crippen LogP contribution < -0.4 is 20.9 Å². The maximum absolute atomic E-state index is 12.4. The second-order valence-corrected chi connectivity index (χ2v) is 8.23. The molecule has 3 aliphatic heterocycles. The van der Waals surface area contributed by atoms with E-state index < -0.39 is 0 Å². The number of hydrogen-bond acceptors (Lipinski definition) is 7. The Hall–Kier alpha value is -3.43. The Morgan fingerprint density at radius 2 is 1.97 bits per heavy atom. The van der Waals surface area contributed by atoms with Gasteiger partial charge in [0.2, 0.25) is 5.95 Å². The Labute approximate surface area is 187 Å². The number of piperazine rings is 1. The monoisotopic (exact) mass is 438 g/mol. The summed E-state index contributed by atoms with van der Waals surface area (Å²) in [6.07, 6.45) is 7.96. The molecule has 3 aliphatic rings. The van der Waals surface area contributed by atoms with Crippen LogP contribution in [0.25, 0.3) is 0 Å². The average Bonchev–Trinajstić information content (AvgIpc) is 2.94. The van der Waals surface area contributed by atoms with Crippen molar-refractivity contribution in [2.45, 2.75) is 45.2 Å². The van der Waals surface area contributed by atoms with E-state index in [1.54, 1.807) is 19.5 Å². The van der Waals surface area contributed by atoms with Crippen LogP contribution in [0.2, 0.25) is 0 Å². The van der Waals surface area contributed by atoms with Crippen LogP contribution in [-0.2, 0) is 4.79 Å². The summed E-state index contributed by atoms with van der Waals surface area (Å²) < 4.78 is 0. The van der Waals surface area contributed by atoms with Gasteiger partial charge in [-0.2, -0.15) is 4.98 Å². The topological polar surface area (TPSA) is 115 Å². The fourth-order valence-corrected chi connectivity index (χ4v) is 4.49. The zero-order valence-corrected chi connectivity index (χ0v) is 18.8. The van der Waals surface area contributed by atoms with Gasteiger partial charge < -0.3 is 25.8 Å². The van der Waals surface area contributed by atoms with Crippen molar-refractivity contribution in [2.75, 3.05) is 36.9 Å². The number of anilines is 2. The van der Waals surface area contributed by atoms with Crippen LogP contribution in [0.5, 0.6) is 0 Å². The maximum Gasteiger partial charge on any atom is 0.318 e. The number of allylic oxidation sites excluding steroid dienone is 3. The number of rotatable bonds is 5. The summed E-state index contributed by atoms with van der Waals surface area (Å²) in [5.74, 6) is 1.11. The number of urea groups is 1. The van der Waals surface area contributed by atoms with Gasteiger partial charge in [-0.25, -0.2) is 14.8 Å². The Morgan fingerprint density at radius 3 is 2.66 bits per heavy atom. The third kappa shape index (κ3) is 4.44. The van der Waals surface area contributed by atoms with E-state index in [4.69, 9.17) is 4.98 Å². The summed E-state index contributed by atoms with van der Waals surface area (Å²) in [5, 5.41) is 8.76. The van der Waals surface area contributed by atoms with Gasteiger partial charge in [0.25, 0.3) is 5.91 Å². The van der Waals surface area contributed by atoms with Crippen molar-refractivity contribution in [2.24, 2.45) is 4.99 Å². The molecule has 0 saturated carbocycles. The molecule has 170 valence electrons. The largest absolute Gasteiger partial charge is 0.354 e. The van der Waals surface area contributed by atoms with Crippen molar-refractivity contribution >= 4 is 29.9 Å². The quantitative estimate of drug-likeness (QED) is 0.644. The van der Waals surface area contributed by atoms with Crippen molar-refractivity contribution in [3.8, 4) is 0 Å². The average molecular weight is 439 g/mol. The third-order valence-electron chi connectivity index (χ3n) is 6.07. The summed E-state index contributed by atoms with van der Waals surface area (Å²) in [4.78, 5) is 42.0. The van der Waals surface area contributed by atoms with E-state index in [-0.39, 0.29) is 24.0 Å². The number of likely N-dealkylation sites (N-methyl/N-ethyl adjacent to an activating group) is 1. The molecule has 2 atom stereocenters. The van der Waals surface area contributed by atoms with E-state index in [2.05, 4.69) is 30.8 Å². The Bertz CT molecular complexity index is 972. The van der Waals surface area contributed by atoms with Crippen molar-refractivity contribution < 1.29 is 9.59 Å². The Balaban J connectivity index is 1.44. The number of aliphatic imine (C=N–C) groups is 1. The lowest BCUT2D eigenvalue weighted by molar-refractivity contribution is -0.117. The highest BCUT2D eigenvalue weighted by atomic mass is 16.2. The van der Waals surface area contributed by atoms with Crippen LogP contribution in [0.3, 0.4) is 0 Å². The molecule has 1 aromatic heterocycles. The first-order valence-corrected chi connectivity index (χ1v) is 11.1. The fourth-order valence-electron chi connectivity index (χ4n) is 4.49. The molecule has 3 N–H and O–H groups in total. The van der Waals surface area contributed by atoms with Gasteiger partial charge in [-0.3, -0.25) is 4.79 Å². The molecule has 4 heterocycles. The molecule has 4 rings (SSSR count). The van der Waals surface area contributed by atoms with E-state index in [9.17, 15) is 9.59 Å². The molecule has 3 amide bonds. The molecule has 0 aliphatic carbocycles. The minimum atomic E-state index is -0.201. The fraction of sp³-hybridized carbons (Fsp3) is 0.500. The summed E-state index contributed by atoms with van der Waals surface area (Å²) in [7, 11) is 1.59. The van der Waals surface area contributed by atoms with Crippen LogP contribution in [0.4, 0.5) is 16.6 Å². The molecule has 0 radical (unpaired) electrons. The Kier molecular flexibility index (Phi) is 6.38. The second kappa shape index (κ2) is 9.37. The number of carbonyl (C=O) groups excluding carboxylic acids is 2. The predicted octanol–water partition coefficient (Wildman–Crippen LogP) is 1.65. The number of fused-ring (bicyclic) bond motifs is 2. The second-order valence-electron chi connectivity index (χ2n) is 8.23. The first-order chi connectivity index (χ1) is 15.5. The van der Waals surface area contributed by atoms with Gasteiger partial charge in [0, 0.05) is 32.9 Å². The molecule has 10 nitrogen and oxygen atoms in total. The highest BCUT2D eigenvalue weighted by Gasteiger charge is 2.42. The molecule has 0 aromatic carbocycles. The molecule has 1 aromatic rings. The van der Waals surface area contributed by atoms with Crippen LogP contribution >= 0.6 is 0 Å². The van der Waals surface area contributed by atoms with Gasteiger partial charge in [-0.05, 0) is 44.7 Å². The number of carbonyl (C=O) groups is 2. The molecular formula is C22H30N8O2. The summed E-state index contributed by atoms with van der Waals surface area (Å²) >= 11 is 0. The highest BCUT2D eigenvalue weighted by Crippen LogP contribution is 2.32. The maximum atomic E-state index is 12.4. The van der Waals surface area contributed by atoms with Crippen LogP contribution in [-0.4, -0.2) is 71.8 Å². The number of amides is 3. The molecule has 2 bridgehead atoms. The molecule has 1 unspecified atom stereocenters. The standard InChI is InChI=1S/C22H30N8O2/c1-4-24-22(32)30-16-7-8-17(30)13-29(12-16)18-9-10-25-21(28-18)27-15-6-5-14(2)19(26-11-15)20(31)23-3/h6,9-11,16-17H,4-5,7-8,12-13H2,1-3H3,(H,23,31)(H,24,32)(H,25,27,28)/t16-,17?/m1/s1. The summed E-state index contributed by atoms with van der Waals surface area (Å²) in [6.45, 7) is 5.99. The zero-order chi connectivity index (χ0) is 22.7. The molecule has 10 heteroatoms. The predicted molar refractivity (Wildman–Crippen MR) is 124 cm³/mol. The van der Waals surface area contributed by atoms with E-state index >= 15 is 0 Å². The van der Waals surface area contributed by atoms with Gasteiger partial charge in [0.1, 0.15) is 11.5 Å². The van der Waals surface area contributed by atoms with Crippen molar-refractivity contribution in [3.05, 3.63) is 35.3 Å². The van der Waals surface area contributed by atoms with E-state index in [0.29, 0.717) is 24.6 Å². The lowest BCUT2D eigenvalue weighted by Crippen LogP contribution is -2.58. The van der Waals surface area contributed by atoms with Gasteiger partial charge in [0.15, 0.2) is 0 Å². The third-order valence-corrected chi connectivity index (χ3v) is 6.07. The molecule has 32 heavy (non-hydrogen) atoms. The number of aromatic nitrogens is 2. The van der Waals surface area contributed by atoms with Crippen LogP contribution in [0.15, 0.2) is 40.3 Å². The van der Waals surface area contributed by atoms with Crippen LogP contribution in [0, 0.1) is 0 Å². The number of nitrogens with one attached hydrogen (secondary N) is 3. The number of hydrogen-bond donors (Lipinski definition) is 3. The summed E-state index contributed by atoms with van der Waals surface area (Å²) in [5.41, 5.74) is 2.06. The number of nitrogens with zero attached hydrogens (tertiary/aromatic N) is 5. The first kappa shape index (κ1) is 21.8. The van der Waals surface area contributed by atoms with Crippen LogP contribution in [0.1, 0.15) is 33.1 Å². The lowest BCUT2D eigenvalue weighted by atomic mass is 10.1. The van der Waals surface area contributed by atoms with Gasteiger partial charge in [-0.15, -0.1) is 0 Å². The SMILES string of the molecule is CCNC(=O)N1C2CC[C@@H]1CN(c1ccnc(NC3=CCC(C)=C(C(=O)NC)N=C3)n1)C2. The van der Waals surface area contributed by atoms with Crippen molar-refractivity contribution in [1.82, 2.24) is 25.5 Å². The van der Waals surface area contributed by atoms with E-state index in [1.807, 2.05) is 30.9 Å². The van der Waals surface area contributed by atoms with E-state index in [1.165, 1.54) is 0 Å². The van der Waals surface area contributed by atoms with Gasteiger partial charge in [-0.1, -0.05) is 6.08 Å². The van der Waals surface area contributed by atoms with Crippen molar-refractivity contribution in [1.29, 1.82) is 0 Å². The highest BCUT2D eigenvalue weighted by molar-refractivity contribution is 5.97. The first-order valence-electron chi connectivity index (χ1n) is 11.1. The zero-order valence-electron chi connectivity index (χ0n) is 18.8. The molecule has 0 spiro atoms. The normalized spacial score (nSPS) is 22.4. The molecule has 2 fully saturated rings. The minimum absolute atomic E-state index is 0.0318. The van der Waals surface area contributed by atoms with Gasteiger partial charge in [0.05, 0.1) is 24.0 Å². The lowest BCUT2D eigenvalue weighted by Gasteiger charge is -2.41.